The van der Waals surface area contributed by atoms with Crippen molar-refractivity contribution in [2.24, 2.45) is 0 Å². The fraction of sp³-hybridized carbons (Fsp3) is 0.933. The number of hydrogen-bond donors (Lipinski definition) is 4. The summed E-state index contributed by atoms with van der Waals surface area (Å²) in [5.41, 5.74) is 0. The molecule has 7 heteroatoms. The van der Waals surface area contributed by atoms with Gasteiger partial charge in [-0.3, -0.25) is 0 Å². The van der Waals surface area contributed by atoms with E-state index in [0.29, 0.717) is 26.3 Å². The first-order chi connectivity index (χ1) is 10.8. The molecule has 0 aromatic rings. The summed E-state index contributed by atoms with van der Waals surface area (Å²) in [5, 5.41) is 23.3. The molecule has 7 nitrogen and oxygen atoms in total. The summed E-state index contributed by atoms with van der Waals surface area (Å²) in [6, 6.07) is 0. The minimum absolute atomic E-state index is 0.161. The van der Waals surface area contributed by atoms with Crippen molar-refractivity contribution < 1.29 is 24.5 Å². The van der Waals surface area contributed by atoms with Crippen molar-refractivity contribution in [3.8, 4) is 0 Å². The Hall–Kier alpha value is -0.890. The maximum Gasteiger partial charge on any atom is 0.508 e. The van der Waals surface area contributed by atoms with E-state index in [-0.39, 0.29) is 13.2 Å². The number of carbonyl (C=O) groups excluding carboxylic acids is 1. The third-order valence-corrected chi connectivity index (χ3v) is 3.01. The average Bonchev–Trinajstić information content (AvgIpc) is 2.52. The molecule has 0 rings (SSSR count). The van der Waals surface area contributed by atoms with Crippen molar-refractivity contribution in [3.05, 3.63) is 0 Å². The Kier molecular flexibility index (Phi) is 17.4. The Morgan fingerprint density at radius 1 is 0.682 bits per heavy atom. The minimum Gasteiger partial charge on any atom is -0.434 e. The van der Waals surface area contributed by atoms with Crippen LogP contribution in [0.2, 0.25) is 0 Å². The highest BCUT2D eigenvalue weighted by Gasteiger charge is 2.02. The van der Waals surface area contributed by atoms with Gasteiger partial charge in [-0.2, -0.15) is 0 Å². The summed E-state index contributed by atoms with van der Waals surface area (Å²) in [7, 11) is 0. The Balaban J connectivity index is 3.13. The topological polar surface area (TPSA) is 100 Å². The molecule has 0 saturated carbocycles. The normalized spacial score (nSPS) is 10.6. The van der Waals surface area contributed by atoms with Crippen LogP contribution in [0.4, 0.5) is 4.79 Å². The molecule has 0 aliphatic rings. The number of unbranched alkanes of at least 4 members (excludes halogenated alkanes) is 4. The van der Waals surface area contributed by atoms with Crippen molar-refractivity contribution in [2.45, 2.75) is 38.5 Å². The summed E-state index contributed by atoms with van der Waals surface area (Å²) >= 11 is 0. The molecule has 0 fully saturated rings. The molecule has 0 aliphatic heterocycles. The van der Waals surface area contributed by atoms with E-state index in [1.807, 2.05) is 0 Å². The van der Waals surface area contributed by atoms with Gasteiger partial charge in [0.05, 0.1) is 26.4 Å². The van der Waals surface area contributed by atoms with Gasteiger partial charge in [-0.15, -0.1) is 0 Å². The first-order valence-corrected chi connectivity index (χ1v) is 8.24. The highest BCUT2D eigenvalue weighted by Crippen LogP contribution is 1.99. The lowest BCUT2D eigenvalue weighted by Gasteiger charge is -2.07. The third kappa shape index (κ3) is 17.2. The SMILES string of the molecule is O=C(OCCCCCNCCO)OCCCCCNCCO. The van der Waals surface area contributed by atoms with Crippen molar-refractivity contribution in [2.75, 3.05) is 52.6 Å². The lowest BCUT2D eigenvalue weighted by atomic mass is 10.2. The standard InChI is InChI=1S/C15H32N2O5/c18-11-9-16-7-3-1-5-13-21-15(20)22-14-6-2-4-8-17-10-12-19/h16-19H,1-14H2. The smallest absolute Gasteiger partial charge is 0.434 e. The Morgan fingerprint density at radius 2 is 1.14 bits per heavy atom. The van der Waals surface area contributed by atoms with Crippen molar-refractivity contribution in [1.29, 1.82) is 0 Å². The van der Waals surface area contributed by atoms with Crippen LogP contribution >= 0.6 is 0 Å². The van der Waals surface area contributed by atoms with Crippen molar-refractivity contribution in [1.82, 2.24) is 10.6 Å². The van der Waals surface area contributed by atoms with Crippen LogP contribution in [0.5, 0.6) is 0 Å². The molecule has 4 N–H and O–H groups in total. The second-order valence-electron chi connectivity index (χ2n) is 5.02. The molecule has 0 amide bonds. The van der Waals surface area contributed by atoms with Gasteiger partial charge in [0.2, 0.25) is 0 Å². The van der Waals surface area contributed by atoms with E-state index in [2.05, 4.69) is 10.6 Å². The van der Waals surface area contributed by atoms with E-state index in [0.717, 1.165) is 51.6 Å². The first-order valence-electron chi connectivity index (χ1n) is 8.24. The highest BCUT2D eigenvalue weighted by molar-refractivity contribution is 5.59. The monoisotopic (exact) mass is 320 g/mol. The number of rotatable bonds is 16. The van der Waals surface area contributed by atoms with Crippen molar-refractivity contribution in [3.63, 3.8) is 0 Å². The van der Waals surface area contributed by atoms with E-state index in [9.17, 15) is 4.79 Å². The molecule has 0 spiro atoms. The zero-order valence-electron chi connectivity index (χ0n) is 13.5. The van der Waals surface area contributed by atoms with Gasteiger partial charge in [-0.05, 0) is 51.6 Å². The van der Waals surface area contributed by atoms with E-state index >= 15 is 0 Å². The zero-order chi connectivity index (χ0) is 16.3. The number of carbonyl (C=O) groups is 1. The Morgan fingerprint density at radius 3 is 1.55 bits per heavy atom. The molecule has 0 heterocycles. The third-order valence-electron chi connectivity index (χ3n) is 3.01. The molecular formula is C15H32N2O5. The molecule has 22 heavy (non-hydrogen) atoms. The number of nitrogens with one attached hydrogen (secondary N) is 2. The largest absolute Gasteiger partial charge is 0.508 e. The summed E-state index contributed by atoms with van der Waals surface area (Å²) < 4.78 is 9.94. The van der Waals surface area contributed by atoms with Crippen LogP contribution in [0.15, 0.2) is 0 Å². The van der Waals surface area contributed by atoms with Gasteiger partial charge in [-0.1, -0.05) is 0 Å². The van der Waals surface area contributed by atoms with E-state index in [1.54, 1.807) is 0 Å². The minimum atomic E-state index is -0.586. The molecule has 0 atom stereocenters. The van der Waals surface area contributed by atoms with E-state index < -0.39 is 6.16 Å². The molecule has 0 bridgehead atoms. The fourth-order valence-electron chi connectivity index (χ4n) is 1.82. The zero-order valence-corrected chi connectivity index (χ0v) is 13.5. The van der Waals surface area contributed by atoms with Gasteiger partial charge in [0, 0.05) is 13.1 Å². The first kappa shape index (κ1) is 21.1. The second kappa shape index (κ2) is 18.2. The van der Waals surface area contributed by atoms with Crippen LogP contribution in [-0.4, -0.2) is 69.0 Å². The van der Waals surface area contributed by atoms with Gasteiger partial charge in [0.1, 0.15) is 0 Å². The number of aliphatic hydroxyl groups excluding tert-OH is 2. The molecule has 0 aromatic heterocycles. The van der Waals surface area contributed by atoms with E-state index in [4.69, 9.17) is 19.7 Å². The highest BCUT2D eigenvalue weighted by atomic mass is 16.7. The van der Waals surface area contributed by atoms with Crippen LogP contribution in [0, 0.1) is 0 Å². The van der Waals surface area contributed by atoms with Gasteiger partial charge < -0.3 is 30.3 Å². The lowest BCUT2D eigenvalue weighted by Crippen LogP contribution is -2.19. The van der Waals surface area contributed by atoms with Gasteiger partial charge in [0.15, 0.2) is 0 Å². The fourth-order valence-corrected chi connectivity index (χ4v) is 1.82. The number of ether oxygens (including phenoxy) is 2. The van der Waals surface area contributed by atoms with Gasteiger partial charge in [-0.25, -0.2) is 4.79 Å². The van der Waals surface area contributed by atoms with Crippen LogP contribution in [0.3, 0.4) is 0 Å². The van der Waals surface area contributed by atoms with Crippen molar-refractivity contribution >= 4 is 6.16 Å². The predicted molar refractivity (Wildman–Crippen MR) is 84.9 cm³/mol. The molecule has 0 aromatic carbocycles. The van der Waals surface area contributed by atoms with Gasteiger partial charge >= 0.3 is 6.16 Å². The molecule has 0 radical (unpaired) electrons. The average molecular weight is 320 g/mol. The summed E-state index contributed by atoms with van der Waals surface area (Å²) in [6.07, 6.45) is 5.03. The maximum atomic E-state index is 11.3. The summed E-state index contributed by atoms with van der Waals surface area (Å²) in [5.74, 6) is 0. The van der Waals surface area contributed by atoms with Crippen LogP contribution in [0.25, 0.3) is 0 Å². The number of hydrogen-bond acceptors (Lipinski definition) is 7. The Labute approximate surface area is 133 Å². The summed E-state index contributed by atoms with van der Waals surface area (Å²) in [6.45, 7) is 4.10. The lowest BCUT2D eigenvalue weighted by molar-refractivity contribution is 0.0529. The second-order valence-corrected chi connectivity index (χ2v) is 5.02. The molecule has 0 saturated heterocycles. The van der Waals surface area contributed by atoms with Crippen LogP contribution in [0.1, 0.15) is 38.5 Å². The quantitative estimate of drug-likeness (QED) is 0.245. The van der Waals surface area contributed by atoms with E-state index in [1.165, 1.54) is 0 Å². The summed E-state index contributed by atoms with van der Waals surface area (Å²) in [4.78, 5) is 11.3. The van der Waals surface area contributed by atoms with Crippen LogP contribution in [-0.2, 0) is 9.47 Å². The molecule has 132 valence electrons. The maximum absolute atomic E-state index is 11.3. The molecule has 0 aliphatic carbocycles. The number of aliphatic hydroxyl groups is 2. The molecular weight excluding hydrogens is 288 g/mol. The Bertz CT molecular complexity index is 220. The molecule has 0 unspecified atom stereocenters. The predicted octanol–water partition coefficient (Wildman–Crippen LogP) is 0.644. The van der Waals surface area contributed by atoms with Crippen LogP contribution < -0.4 is 10.6 Å². The van der Waals surface area contributed by atoms with Gasteiger partial charge in [0.25, 0.3) is 0 Å².